The highest BCUT2D eigenvalue weighted by Gasteiger charge is 2.44. The maximum Gasteiger partial charge on any atom is 0.389 e. The molecule has 3 atom stereocenters. The number of para-hydroxylation sites is 1. The van der Waals surface area contributed by atoms with E-state index >= 15 is 0 Å². The Morgan fingerprint density at radius 2 is 1.97 bits per heavy atom. The van der Waals surface area contributed by atoms with Gasteiger partial charge in [0.15, 0.2) is 0 Å². The topological polar surface area (TPSA) is 117 Å². The number of carbonyl (C=O) groups is 2. The number of amides is 1. The quantitative estimate of drug-likeness (QED) is 0.212. The van der Waals surface area contributed by atoms with E-state index < -0.39 is 53.4 Å². The molecule has 1 aliphatic heterocycles. The standard InChI is InChI=1S/C22H25F3N4O6/c1-34-21(31)18-11-16(35-15-7-3-2-4-8-15)12-28(18)20(30)17(9-5-6-10-22(23,24)25)27-13-19(26-14-27)29(32)33/h2-4,7-8,13-14,16-18H,5-6,9-12H2,1H3/t16-,17?,18-/m0/s1. The van der Waals surface area contributed by atoms with Crippen LogP contribution >= 0.6 is 0 Å². The largest absolute Gasteiger partial charge is 0.488 e. The lowest BCUT2D eigenvalue weighted by molar-refractivity contribution is -0.389. The molecule has 10 nitrogen and oxygen atoms in total. The highest BCUT2D eigenvalue weighted by molar-refractivity contribution is 5.87. The van der Waals surface area contributed by atoms with Crippen LogP contribution in [0.1, 0.15) is 38.1 Å². The van der Waals surface area contributed by atoms with Crippen molar-refractivity contribution in [1.82, 2.24) is 14.5 Å². The highest BCUT2D eigenvalue weighted by atomic mass is 19.4. The smallest absolute Gasteiger partial charge is 0.389 e. The molecular formula is C22H25F3N4O6. The van der Waals surface area contributed by atoms with Crippen molar-refractivity contribution in [3.63, 3.8) is 0 Å². The average molecular weight is 498 g/mol. The number of imidazole rings is 1. The van der Waals surface area contributed by atoms with Crippen LogP contribution in [-0.2, 0) is 14.3 Å². The van der Waals surface area contributed by atoms with Crippen molar-refractivity contribution < 1.29 is 37.2 Å². The SMILES string of the molecule is COC(=O)[C@@H]1C[C@H](Oc2ccccc2)CN1C(=O)C(CCCCC(F)(F)F)n1cnc([N+](=O)[O-])c1. The molecule has 0 aliphatic carbocycles. The van der Waals surface area contributed by atoms with Crippen LogP contribution < -0.4 is 4.74 Å². The molecule has 1 amide bonds. The van der Waals surface area contributed by atoms with E-state index in [-0.39, 0.29) is 32.2 Å². The van der Waals surface area contributed by atoms with Crippen molar-refractivity contribution in [2.75, 3.05) is 13.7 Å². The number of aromatic nitrogens is 2. The van der Waals surface area contributed by atoms with Crippen LogP contribution in [0.2, 0.25) is 0 Å². The Labute approximate surface area is 198 Å². The number of benzene rings is 1. The van der Waals surface area contributed by atoms with Gasteiger partial charge in [-0.25, -0.2) is 4.79 Å². The van der Waals surface area contributed by atoms with Crippen molar-refractivity contribution in [2.45, 2.75) is 56.5 Å². The summed E-state index contributed by atoms with van der Waals surface area (Å²) < 4.78 is 49.7. The maximum atomic E-state index is 13.6. The van der Waals surface area contributed by atoms with Gasteiger partial charge in [0.05, 0.1) is 13.7 Å². The second-order valence-electron chi connectivity index (χ2n) is 8.13. The van der Waals surface area contributed by atoms with E-state index in [0.29, 0.717) is 5.75 Å². The number of methoxy groups -OCH3 is 1. The first-order valence-corrected chi connectivity index (χ1v) is 10.9. The number of hydrogen-bond donors (Lipinski definition) is 0. The van der Waals surface area contributed by atoms with Crippen LogP contribution in [0.5, 0.6) is 5.75 Å². The molecule has 1 aliphatic rings. The Bertz CT molecular complexity index is 1030. The summed E-state index contributed by atoms with van der Waals surface area (Å²) in [5, 5.41) is 11.1. The number of esters is 1. The molecule has 1 saturated heterocycles. The van der Waals surface area contributed by atoms with Gasteiger partial charge >= 0.3 is 18.0 Å². The number of nitro groups is 1. The predicted octanol–water partition coefficient (Wildman–Crippen LogP) is 3.68. The van der Waals surface area contributed by atoms with Crippen LogP contribution in [0, 0.1) is 10.1 Å². The minimum Gasteiger partial charge on any atom is -0.488 e. The monoisotopic (exact) mass is 498 g/mol. The van der Waals surface area contributed by atoms with Gasteiger partial charge in [0, 0.05) is 12.8 Å². The lowest BCUT2D eigenvalue weighted by Crippen LogP contribution is -2.44. The van der Waals surface area contributed by atoms with Crippen LogP contribution in [-0.4, -0.2) is 63.2 Å². The number of likely N-dealkylation sites (tertiary alicyclic amines) is 1. The fourth-order valence-corrected chi connectivity index (χ4v) is 4.02. The number of alkyl halides is 3. The third-order valence-electron chi connectivity index (χ3n) is 5.67. The van der Waals surface area contributed by atoms with Gasteiger partial charge in [-0.2, -0.15) is 13.2 Å². The number of unbranched alkanes of at least 4 members (excludes halogenated alkanes) is 1. The molecule has 0 saturated carbocycles. The summed E-state index contributed by atoms with van der Waals surface area (Å²) in [5.41, 5.74) is 0. The van der Waals surface area contributed by atoms with E-state index in [9.17, 15) is 32.9 Å². The lowest BCUT2D eigenvalue weighted by atomic mass is 10.1. The number of ether oxygens (including phenoxy) is 2. The summed E-state index contributed by atoms with van der Waals surface area (Å²) in [6.07, 6.45) is -3.81. The Balaban J connectivity index is 1.81. The molecule has 1 aromatic carbocycles. The Morgan fingerprint density at radius 1 is 1.26 bits per heavy atom. The average Bonchev–Trinajstić information content (AvgIpc) is 3.46. The van der Waals surface area contributed by atoms with E-state index in [4.69, 9.17) is 9.47 Å². The number of carbonyl (C=O) groups excluding carboxylic acids is 2. The number of rotatable bonds is 10. The minimum atomic E-state index is -4.33. The molecule has 1 fully saturated rings. The molecular weight excluding hydrogens is 473 g/mol. The fourth-order valence-electron chi connectivity index (χ4n) is 4.02. The molecule has 0 radical (unpaired) electrons. The molecule has 3 rings (SSSR count). The zero-order valence-corrected chi connectivity index (χ0v) is 18.9. The summed E-state index contributed by atoms with van der Waals surface area (Å²) in [5.74, 6) is -1.21. The molecule has 1 aromatic heterocycles. The van der Waals surface area contributed by atoms with Gasteiger partial charge in [0.2, 0.25) is 12.2 Å². The van der Waals surface area contributed by atoms with Crippen molar-refractivity contribution in [1.29, 1.82) is 0 Å². The van der Waals surface area contributed by atoms with Gasteiger partial charge in [-0.15, -0.1) is 0 Å². The van der Waals surface area contributed by atoms with Crippen LogP contribution in [0.15, 0.2) is 42.9 Å². The molecule has 0 bridgehead atoms. The Morgan fingerprint density at radius 3 is 2.57 bits per heavy atom. The molecule has 190 valence electrons. The first-order valence-electron chi connectivity index (χ1n) is 10.9. The molecule has 2 aromatic rings. The number of nitrogens with zero attached hydrogens (tertiary/aromatic N) is 4. The van der Waals surface area contributed by atoms with Gasteiger partial charge < -0.3 is 24.5 Å². The van der Waals surface area contributed by atoms with Crippen molar-refractivity contribution in [3.8, 4) is 5.75 Å². The lowest BCUT2D eigenvalue weighted by Gasteiger charge is -2.27. The maximum absolute atomic E-state index is 13.6. The Hall–Kier alpha value is -3.64. The summed E-state index contributed by atoms with van der Waals surface area (Å²) in [7, 11) is 1.18. The number of hydrogen-bond acceptors (Lipinski definition) is 7. The molecule has 13 heteroatoms. The van der Waals surface area contributed by atoms with Gasteiger partial charge in [-0.1, -0.05) is 24.6 Å². The van der Waals surface area contributed by atoms with Gasteiger partial charge in [-0.3, -0.25) is 9.36 Å². The second-order valence-corrected chi connectivity index (χ2v) is 8.13. The highest BCUT2D eigenvalue weighted by Crippen LogP contribution is 2.30. The van der Waals surface area contributed by atoms with E-state index in [0.717, 1.165) is 12.5 Å². The van der Waals surface area contributed by atoms with Crippen LogP contribution in [0.4, 0.5) is 19.0 Å². The molecule has 2 heterocycles. The molecule has 1 unspecified atom stereocenters. The minimum absolute atomic E-state index is 0.0303. The molecule has 0 spiro atoms. The molecule has 0 N–H and O–H groups in total. The summed E-state index contributed by atoms with van der Waals surface area (Å²) in [6.45, 7) is 0.0311. The van der Waals surface area contributed by atoms with Crippen LogP contribution in [0.3, 0.4) is 0 Å². The van der Waals surface area contributed by atoms with Crippen molar-refractivity contribution in [2.24, 2.45) is 0 Å². The first kappa shape index (κ1) is 26.0. The zero-order chi connectivity index (χ0) is 25.6. The van der Waals surface area contributed by atoms with Gasteiger partial charge in [-0.05, 0) is 34.9 Å². The normalized spacial score (nSPS) is 18.8. The van der Waals surface area contributed by atoms with E-state index in [2.05, 4.69) is 4.98 Å². The van der Waals surface area contributed by atoms with Crippen molar-refractivity contribution >= 4 is 17.7 Å². The predicted molar refractivity (Wildman–Crippen MR) is 115 cm³/mol. The Kier molecular flexibility index (Phi) is 8.30. The number of halogens is 3. The molecule has 35 heavy (non-hydrogen) atoms. The summed E-state index contributed by atoms with van der Waals surface area (Å²) in [6, 6.07) is 6.74. The van der Waals surface area contributed by atoms with E-state index in [1.165, 1.54) is 16.6 Å². The van der Waals surface area contributed by atoms with Crippen molar-refractivity contribution in [3.05, 3.63) is 53.0 Å². The summed E-state index contributed by atoms with van der Waals surface area (Å²) >= 11 is 0. The fraction of sp³-hybridized carbons (Fsp3) is 0.500. The van der Waals surface area contributed by atoms with Gasteiger partial charge in [0.1, 0.15) is 30.1 Å². The van der Waals surface area contributed by atoms with Crippen LogP contribution in [0.25, 0.3) is 0 Å². The van der Waals surface area contributed by atoms with Gasteiger partial charge in [0.25, 0.3) is 0 Å². The zero-order valence-electron chi connectivity index (χ0n) is 18.9. The van der Waals surface area contributed by atoms with E-state index in [1.807, 2.05) is 6.07 Å². The second kappa shape index (κ2) is 11.2. The third-order valence-corrected chi connectivity index (χ3v) is 5.67. The first-order chi connectivity index (χ1) is 16.6. The summed E-state index contributed by atoms with van der Waals surface area (Å²) in [4.78, 5) is 41.3. The van der Waals surface area contributed by atoms with E-state index in [1.54, 1.807) is 24.3 Å². The third kappa shape index (κ3) is 6.93.